The molecule has 0 unspecified atom stereocenters. The van der Waals surface area contributed by atoms with Crippen molar-refractivity contribution >= 4 is 29.2 Å². The summed E-state index contributed by atoms with van der Waals surface area (Å²) in [7, 11) is 0. The summed E-state index contributed by atoms with van der Waals surface area (Å²) < 4.78 is 18.4. The molecule has 0 amide bonds. The lowest BCUT2D eigenvalue weighted by Crippen LogP contribution is -2.09. The minimum absolute atomic E-state index is 0.0159. The monoisotopic (exact) mass is 309 g/mol. The minimum Gasteiger partial charge on any atom is -0.423 e. The van der Waals surface area contributed by atoms with Crippen molar-refractivity contribution in [3.05, 3.63) is 63.4 Å². The maximum atomic E-state index is 13.3. The Morgan fingerprint density at radius 3 is 2.65 bits per heavy atom. The van der Waals surface area contributed by atoms with Crippen LogP contribution in [0.1, 0.15) is 15.9 Å². The Balaban J connectivity index is 2.28. The van der Waals surface area contributed by atoms with Gasteiger partial charge in [-0.3, -0.25) is 0 Å². The summed E-state index contributed by atoms with van der Waals surface area (Å²) in [6, 6.07) is 9.95. The fourth-order valence-corrected chi connectivity index (χ4v) is 1.93. The molecule has 0 saturated heterocycles. The molecule has 0 atom stereocenters. The van der Waals surface area contributed by atoms with Crippen molar-refractivity contribution < 1.29 is 13.9 Å². The van der Waals surface area contributed by atoms with Crippen molar-refractivity contribution in [3.8, 4) is 11.8 Å². The van der Waals surface area contributed by atoms with Gasteiger partial charge in [0.2, 0.25) is 0 Å². The van der Waals surface area contributed by atoms with Crippen LogP contribution in [0.4, 0.5) is 4.39 Å². The number of halogens is 3. The van der Waals surface area contributed by atoms with Crippen molar-refractivity contribution in [1.82, 2.24) is 0 Å². The van der Waals surface area contributed by atoms with Crippen molar-refractivity contribution in [1.29, 1.82) is 5.26 Å². The number of carbonyl (C=O) groups is 1. The maximum Gasteiger partial charge on any atom is 0.345 e. The van der Waals surface area contributed by atoms with Crippen LogP contribution in [0.25, 0.3) is 0 Å². The van der Waals surface area contributed by atoms with E-state index in [-0.39, 0.29) is 21.4 Å². The normalized spacial score (nSPS) is 9.90. The Labute approximate surface area is 124 Å². The Bertz CT molecular complexity index is 726. The van der Waals surface area contributed by atoms with Gasteiger partial charge in [-0.1, -0.05) is 29.3 Å². The molecule has 6 heteroatoms. The van der Waals surface area contributed by atoms with E-state index in [1.807, 2.05) is 6.07 Å². The molecule has 0 heterocycles. The number of nitrogens with zero attached hydrogens (tertiary/aromatic N) is 1. The average molecular weight is 310 g/mol. The molecule has 20 heavy (non-hydrogen) atoms. The lowest BCUT2D eigenvalue weighted by Gasteiger charge is -2.07. The van der Waals surface area contributed by atoms with E-state index < -0.39 is 11.8 Å². The molecular weight excluding hydrogens is 304 g/mol. The van der Waals surface area contributed by atoms with Crippen molar-refractivity contribution in [3.63, 3.8) is 0 Å². The molecule has 0 spiro atoms. The molecule has 0 aliphatic rings. The second-order valence-corrected chi connectivity index (χ2v) is 4.59. The summed E-state index contributed by atoms with van der Waals surface area (Å²) in [5.41, 5.74) is 0.194. The van der Waals surface area contributed by atoms with Crippen molar-refractivity contribution in [2.45, 2.75) is 0 Å². The van der Waals surface area contributed by atoms with Crippen LogP contribution >= 0.6 is 23.2 Å². The summed E-state index contributed by atoms with van der Waals surface area (Å²) in [5, 5.41) is 8.55. The minimum atomic E-state index is -0.833. The second kappa shape index (κ2) is 5.91. The lowest BCUT2D eigenvalue weighted by molar-refractivity contribution is 0.0734. The standard InChI is InChI=1S/C14H6Cl2FNO2/c15-11-6-12(16)13(17)5-10(11)14(19)20-9-3-1-2-8(4-9)7-18/h1-6H. The van der Waals surface area contributed by atoms with E-state index >= 15 is 0 Å². The van der Waals surface area contributed by atoms with E-state index in [1.165, 1.54) is 12.1 Å². The van der Waals surface area contributed by atoms with Crippen LogP contribution in [0.15, 0.2) is 36.4 Å². The number of rotatable bonds is 2. The van der Waals surface area contributed by atoms with E-state index in [4.69, 9.17) is 33.2 Å². The molecule has 2 aromatic rings. The highest BCUT2D eigenvalue weighted by Crippen LogP contribution is 2.25. The Morgan fingerprint density at radius 2 is 1.95 bits per heavy atom. The summed E-state index contributed by atoms with van der Waals surface area (Å²) in [6.07, 6.45) is 0. The first-order chi connectivity index (χ1) is 9.51. The quantitative estimate of drug-likeness (QED) is 0.474. The fraction of sp³-hybridized carbons (Fsp3) is 0. The van der Waals surface area contributed by atoms with Gasteiger partial charge in [0.15, 0.2) is 0 Å². The second-order valence-electron chi connectivity index (χ2n) is 3.78. The van der Waals surface area contributed by atoms with E-state index in [1.54, 1.807) is 12.1 Å². The summed E-state index contributed by atoms with van der Waals surface area (Å²) in [6.45, 7) is 0. The van der Waals surface area contributed by atoms with Gasteiger partial charge >= 0.3 is 5.97 Å². The average Bonchev–Trinajstić information content (AvgIpc) is 2.43. The number of esters is 1. The molecule has 0 aliphatic carbocycles. The Kier molecular flexibility index (Phi) is 4.23. The van der Waals surface area contributed by atoms with Crippen LogP contribution in [0, 0.1) is 17.1 Å². The van der Waals surface area contributed by atoms with Crippen LogP contribution in [-0.4, -0.2) is 5.97 Å². The molecule has 3 nitrogen and oxygen atoms in total. The maximum absolute atomic E-state index is 13.3. The van der Waals surface area contributed by atoms with Crippen molar-refractivity contribution in [2.24, 2.45) is 0 Å². The largest absolute Gasteiger partial charge is 0.423 e. The van der Waals surface area contributed by atoms with Gasteiger partial charge in [-0.15, -0.1) is 0 Å². The van der Waals surface area contributed by atoms with Crippen LogP contribution < -0.4 is 4.74 Å². The number of ether oxygens (including phenoxy) is 1. The Hall–Kier alpha value is -2.09. The van der Waals surface area contributed by atoms with Gasteiger partial charge in [0.05, 0.1) is 27.2 Å². The Morgan fingerprint density at radius 1 is 1.20 bits per heavy atom. The molecule has 2 rings (SSSR count). The van der Waals surface area contributed by atoms with E-state index in [9.17, 15) is 9.18 Å². The zero-order chi connectivity index (χ0) is 14.7. The number of carbonyl (C=O) groups excluding carboxylic acids is 1. The predicted octanol–water partition coefficient (Wildman–Crippen LogP) is 4.22. The first kappa shape index (κ1) is 14.3. The molecule has 0 saturated carbocycles. The van der Waals surface area contributed by atoms with Gasteiger partial charge in [0.25, 0.3) is 0 Å². The number of benzene rings is 2. The fourth-order valence-electron chi connectivity index (χ4n) is 1.47. The molecule has 0 N–H and O–H groups in total. The van der Waals surface area contributed by atoms with Crippen LogP contribution in [0.2, 0.25) is 10.0 Å². The van der Waals surface area contributed by atoms with Crippen LogP contribution in [0.5, 0.6) is 5.75 Å². The molecule has 0 aliphatic heterocycles. The molecule has 0 bridgehead atoms. The zero-order valence-electron chi connectivity index (χ0n) is 9.86. The van der Waals surface area contributed by atoms with Gasteiger partial charge in [-0.2, -0.15) is 5.26 Å². The highest BCUT2D eigenvalue weighted by molar-refractivity contribution is 6.36. The summed E-state index contributed by atoms with van der Waals surface area (Å²) in [5.74, 6) is -1.44. The number of hydrogen-bond acceptors (Lipinski definition) is 3. The molecule has 0 radical (unpaired) electrons. The SMILES string of the molecule is N#Cc1cccc(OC(=O)c2cc(F)c(Cl)cc2Cl)c1. The third-order valence-corrected chi connectivity index (χ3v) is 3.01. The van der Waals surface area contributed by atoms with E-state index in [0.29, 0.717) is 5.56 Å². The smallest absolute Gasteiger partial charge is 0.345 e. The van der Waals surface area contributed by atoms with Gasteiger partial charge in [-0.05, 0) is 30.3 Å². The van der Waals surface area contributed by atoms with Gasteiger partial charge in [-0.25, -0.2) is 9.18 Å². The number of nitriles is 1. The lowest BCUT2D eigenvalue weighted by atomic mass is 10.2. The third kappa shape index (κ3) is 3.08. The molecule has 0 aromatic heterocycles. The highest BCUT2D eigenvalue weighted by atomic mass is 35.5. The predicted molar refractivity (Wildman–Crippen MR) is 72.5 cm³/mol. The van der Waals surface area contributed by atoms with Crippen LogP contribution in [0.3, 0.4) is 0 Å². The molecule has 100 valence electrons. The number of hydrogen-bond donors (Lipinski definition) is 0. The van der Waals surface area contributed by atoms with Gasteiger partial charge in [0, 0.05) is 0 Å². The van der Waals surface area contributed by atoms with Crippen molar-refractivity contribution in [2.75, 3.05) is 0 Å². The highest BCUT2D eigenvalue weighted by Gasteiger charge is 2.16. The summed E-state index contributed by atoms with van der Waals surface area (Å²) >= 11 is 11.4. The van der Waals surface area contributed by atoms with E-state index in [0.717, 1.165) is 12.1 Å². The van der Waals surface area contributed by atoms with Gasteiger partial charge in [0.1, 0.15) is 11.6 Å². The molecule has 0 fully saturated rings. The molecular formula is C14H6Cl2FNO2. The first-order valence-corrected chi connectivity index (χ1v) is 6.13. The first-order valence-electron chi connectivity index (χ1n) is 5.38. The van der Waals surface area contributed by atoms with Crippen LogP contribution in [-0.2, 0) is 0 Å². The topological polar surface area (TPSA) is 50.1 Å². The summed E-state index contributed by atoms with van der Waals surface area (Å²) in [4.78, 5) is 11.9. The zero-order valence-corrected chi connectivity index (χ0v) is 11.4. The third-order valence-electron chi connectivity index (χ3n) is 2.40. The van der Waals surface area contributed by atoms with Gasteiger partial charge < -0.3 is 4.74 Å². The molecule has 2 aromatic carbocycles. The van der Waals surface area contributed by atoms with E-state index in [2.05, 4.69) is 0 Å².